The van der Waals surface area contributed by atoms with Gasteiger partial charge >= 0.3 is 0 Å². The Balaban J connectivity index is 1.61. The van der Waals surface area contributed by atoms with Gasteiger partial charge in [-0.25, -0.2) is 4.98 Å². The molecule has 0 bridgehead atoms. The zero-order valence-electron chi connectivity index (χ0n) is 15.5. The maximum Gasteiger partial charge on any atom is 0.259 e. The van der Waals surface area contributed by atoms with E-state index in [0.717, 1.165) is 43.0 Å². The summed E-state index contributed by atoms with van der Waals surface area (Å²) >= 11 is 0. The minimum Gasteiger partial charge on any atom is -0.351 e. The molecule has 1 amide bonds. The first-order chi connectivity index (χ1) is 13.3. The van der Waals surface area contributed by atoms with Gasteiger partial charge in [0, 0.05) is 25.0 Å². The highest BCUT2D eigenvalue weighted by molar-refractivity contribution is 6.07. The molecular formula is C23H23N3O. The minimum atomic E-state index is -0.113. The van der Waals surface area contributed by atoms with Gasteiger partial charge in [-0.05, 0) is 47.7 Å². The molecule has 0 aliphatic carbocycles. The molecule has 0 atom stereocenters. The summed E-state index contributed by atoms with van der Waals surface area (Å²) in [6, 6.07) is 20.1. The van der Waals surface area contributed by atoms with E-state index < -0.39 is 0 Å². The van der Waals surface area contributed by atoms with E-state index >= 15 is 0 Å². The molecular weight excluding hydrogens is 334 g/mol. The molecule has 1 aliphatic rings. The lowest BCUT2D eigenvalue weighted by molar-refractivity contribution is 0.102. The van der Waals surface area contributed by atoms with Crippen LogP contribution in [-0.4, -0.2) is 17.4 Å². The van der Waals surface area contributed by atoms with Gasteiger partial charge in [0.05, 0.1) is 5.56 Å². The van der Waals surface area contributed by atoms with Gasteiger partial charge in [-0.3, -0.25) is 4.79 Å². The molecule has 4 rings (SSSR count). The van der Waals surface area contributed by atoms with Crippen molar-refractivity contribution in [3.05, 3.63) is 89.1 Å². The number of pyridine rings is 1. The number of rotatable bonds is 4. The van der Waals surface area contributed by atoms with Gasteiger partial charge in [-0.2, -0.15) is 0 Å². The summed E-state index contributed by atoms with van der Waals surface area (Å²) in [4.78, 5) is 19.8. The number of anilines is 2. The Labute approximate surface area is 159 Å². The van der Waals surface area contributed by atoms with Gasteiger partial charge < -0.3 is 10.2 Å². The number of carbonyl (C=O) groups excluding carboxylic acids is 1. The summed E-state index contributed by atoms with van der Waals surface area (Å²) in [5, 5.41) is 3.07. The van der Waals surface area contributed by atoms with Crippen molar-refractivity contribution in [2.24, 2.45) is 0 Å². The third-order valence-electron chi connectivity index (χ3n) is 5.11. The van der Waals surface area contributed by atoms with E-state index in [2.05, 4.69) is 46.4 Å². The Morgan fingerprint density at radius 1 is 1.04 bits per heavy atom. The molecule has 3 aromatic rings. The van der Waals surface area contributed by atoms with Gasteiger partial charge in [0.25, 0.3) is 5.91 Å². The Hall–Kier alpha value is -3.14. The average Bonchev–Trinajstić information content (AvgIpc) is 2.73. The molecule has 1 aliphatic heterocycles. The number of nitrogens with one attached hydrogen (secondary N) is 1. The van der Waals surface area contributed by atoms with E-state index in [1.54, 1.807) is 6.20 Å². The highest BCUT2D eigenvalue weighted by Gasteiger charge is 2.22. The number of carbonyl (C=O) groups is 1. The quantitative estimate of drug-likeness (QED) is 0.750. The fourth-order valence-corrected chi connectivity index (χ4v) is 3.64. The van der Waals surface area contributed by atoms with Gasteiger partial charge in [-0.1, -0.05) is 49.4 Å². The number of benzene rings is 2. The first-order valence-electron chi connectivity index (χ1n) is 9.42. The third kappa shape index (κ3) is 3.56. The Morgan fingerprint density at radius 2 is 1.81 bits per heavy atom. The SMILES string of the molecule is CCc1ccccc1NC(=O)c1cccnc1N1CCc2ccccc2C1. The van der Waals surface area contributed by atoms with E-state index in [-0.39, 0.29) is 5.91 Å². The van der Waals surface area contributed by atoms with E-state index in [9.17, 15) is 4.79 Å². The minimum absolute atomic E-state index is 0.113. The monoisotopic (exact) mass is 357 g/mol. The molecule has 0 unspecified atom stereocenters. The molecule has 0 spiro atoms. The van der Waals surface area contributed by atoms with Crippen molar-refractivity contribution in [2.75, 3.05) is 16.8 Å². The van der Waals surface area contributed by atoms with Crippen LogP contribution in [0.5, 0.6) is 0 Å². The maximum atomic E-state index is 13.0. The molecule has 2 heterocycles. The van der Waals surface area contributed by atoms with Gasteiger partial charge in [0.15, 0.2) is 0 Å². The lowest BCUT2D eigenvalue weighted by Gasteiger charge is -2.30. The molecule has 0 fully saturated rings. The number of amides is 1. The summed E-state index contributed by atoms with van der Waals surface area (Å²) in [5.41, 5.74) is 5.29. The lowest BCUT2D eigenvalue weighted by Crippen LogP contribution is -2.32. The van der Waals surface area contributed by atoms with Crippen LogP contribution in [0.15, 0.2) is 66.9 Å². The fraction of sp³-hybridized carbons (Fsp3) is 0.217. The van der Waals surface area contributed by atoms with Crippen molar-refractivity contribution in [3.8, 4) is 0 Å². The molecule has 0 saturated carbocycles. The van der Waals surface area contributed by atoms with Crippen molar-refractivity contribution in [3.63, 3.8) is 0 Å². The number of nitrogens with zero attached hydrogens (tertiary/aromatic N) is 2. The number of aryl methyl sites for hydroxylation is 1. The van der Waals surface area contributed by atoms with Crippen LogP contribution < -0.4 is 10.2 Å². The number of fused-ring (bicyclic) bond motifs is 1. The van der Waals surface area contributed by atoms with E-state index in [0.29, 0.717) is 5.56 Å². The Bertz CT molecular complexity index is 967. The number of aromatic nitrogens is 1. The molecule has 4 heteroatoms. The van der Waals surface area contributed by atoms with Crippen LogP contribution in [-0.2, 0) is 19.4 Å². The van der Waals surface area contributed by atoms with Crippen LogP contribution >= 0.6 is 0 Å². The van der Waals surface area contributed by atoms with Crippen molar-refractivity contribution >= 4 is 17.4 Å². The Kier molecular flexibility index (Phi) is 4.88. The zero-order chi connectivity index (χ0) is 18.6. The molecule has 1 N–H and O–H groups in total. The molecule has 4 nitrogen and oxygen atoms in total. The Morgan fingerprint density at radius 3 is 2.67 bits per heavy atom. The maximum absolute atomic E-state index is 13.0. The van der Waals surface area contributed by atoms with Crippen LogP contribution in [0.2, 0.25) is 0 Å². The van der Waals surface area contributed by atoms with Crippen molar-refractivity contribution < 1.29 is 4.79 Å². The van der Waals surface area contributed by atoms with Crippen LogP contribution in [0.4, 0.5) is 11.5 Å². The number of para-hydroxylation sites is 1. The van der Waals surface area contributed by atoms with E-state index in [1.807, 2.05) is 36.4 Å². The van der Waals surface area contributed by atoms with Crippen LogP contribution in [0.3, 0.4) is 0 Å². The van der Waals surface area contributed by atoms with Crippen molar-refractivity contribution in [1.29, 1.82) is 0 Å². The second-order valence-electron chi connectivity index (χ2n) is 6.78. The zero-order valence-corrected chi connectivity index (χ0v) is 15.5. The van der Waals surface area contributed by atoms with Gasteiger partial charge in [0.2, 0.25) is 0 Å². The fourth-order valence-electron chi connectivity index (χ4n) is 3.64. The molecule has 0 radical (unpaired) electrons. The summed E-state index contributed by atoms with van der Waals surface area (Å²) in [7, 11) is 0. The normalized spacial score (nSPS) is 13.1. The first-order valence-corrected chi connectivity index (χ1v) is 9.42. The average molecular weight is 357 g/mol. The van der Waals surface area contributed by atoms with Crippen molar-refractivity contribution in [2.45, 2.75) is 26.3 Å². The van der Waals surface area contributed by atoms with Crippen LogP contribution in [0, 0.1) is 0 Å². The standard InChI is InChI=1S/C23H23N3O/c1-2-17-8-5-6-12-21(17)25-23(27)20-11-7-14-24-22(20)26-15-13-18-9-3-4-10-19(18)16-26/h3-12,14H,2,13,15-16H2,1H3,(H,25,27). The van der Waals surface area contributed by atoms with Crippen LogP contribution in [0.25, 0.3) is 0 Å². The third-order valence-corrected chi connectivity index (χ3v) is 5.11. The van der Waals surface area contributed by atoms with Gasteiger partial charge in [-0.15, -0.1) is 0 Å². The summed E-state index contributed by atoms with van der Waals surface area (Å²) in [5.74, 6) is 0.636. The second-order valence-corrected chi connectivity index (χ2v) is 6.78. The summed E-state index contributed by atoms with van der Waals surface area (Å²) in [6.45, 7) is 3.73. The molecule has 27 heavy (non-hydrogen) atoms. The second kappa shape index (κ2) is 7.62. The lowest BCUT2D eigenvalue weighted by atomic mass is 9.99. The number of hydrogen-bond acceptors (Lipinski definition) is 3. The summed E-state index contributed by atoms with van der Waals surface area (Å²) in [6.07, 6.45) is 3.60. The smallest absolute Gasteiger partial charge is 0.259 e. The highest BCUT2D eigenvalue weighted by Crippen LogP contribution is 2.26. The molecule has 136 valence electrons. The predicted octanol–water partition coefficient (Wildman–Crippen LogP) is 4.46. The molecule has 2 aromatic carbocycles. The molecule has 0 saturated heterocycles. The first kappa shape index (κ1) is 17.3. The van der Waals surface area contributed by atoms with Crippen LogP contribution in [0.1, 0.15) is 34.0 Å². The molecule has 1 aromatic heterocycles. The van der Waals surface area contributed by atoms with Gasteiger partial charge in [0.1, 0.15) is 5.82 Å². The predicted molar refractivity (Wildman–Crippen MR) is 109 cm³/mol. The number of hydrogen-bond donors (Lipinski definition) is 1. The topological polar surface area (TPSA) is 45.2 Å². The van der Waals surface area contributed by atoms with E-state index in [1.165, 1.54) is 11.1 Å². The highest BCUT2D eigenvalue weighted by atomic mass is 16.1. The van der Waals surface area contributed by atoms with Crippen molar-refractivity contribution in [1.82, 2.24) is 4.98 Å². The van der Waals surface area contributed by atoms with E-state index in [4.69, 9.17) is 0 Å². The largest absolute Gasteiger partial charge is 0.351 e. The summed E-state index contributed by atoms with van der Waals surface area (Å²) < 4.78 is 0.